The molecule has 1 fully saturated rings. The quantitative estimate of drug-likeness (QED) is 0.898. The van der Waals surface area contributed by atoms with Crippen molar-refractivity contribution < 1.29 is 5.11 Å². The Morgan fingerprint density at radius 3 is 2.58 bits per heavy atom. The van der Waals surface area contributed by atoms with Crippen molar-refractivity contribution in [3.8, 4) is 0 Å². The number of aliphatic hydroxyl groups is 1. The summed E-state index contributed by atoms with van der Waals surface area (Å²) in [6.07, 6.45) is 3.43. The van der Waals surface area contributed by atoms with Crippen molar-refractivity contribution in [1.82, 2.24) is 4.90 Å². The third kappa shape index (κ3) is 3.37. The Morgan fingerprint density at radius 2 is 1.95 bits per heavy atom. The molecule has 1 unspecified atom stereocenters. The lowest BCUT2D eigenvalue weighted by molar-refractivity contribution is 0.00467. The average Bonchev–Trinajstić information content (AvgIpc) is 2.37. The predicted octanol–water partition coefficient (Wildman–Crippen LogP) is 3.37. The van der Waals surface area contributed by atoms with Crippen LogP contribution in [0.3, 0.4) is 0 Å². The molecule has 2 rings (SSSR count). The van der Waals surface area contributed by atoms with E-state index in [1.165, 1.54) is 30.5 Å². The molecule has 2 nitrogen and oxygen atoms in total. The first-order valence-corrected chi connectivity index (χ1v) is 7.45. The van der Waals surface area contributed by atoms with Crippen molar-refractivity contribution >= 4 is 0 Å². The zero-order valence-electron chi connectivity index (χ0n) is 12.5. The molecule has 1 heterocycles. The summed E-state index contributed by atoms with van der Waals surface area (Å²) in [6, 6.07) is 8.86. The van der Waals surface area contributed by atoms with E-state index in [9.17, 15) is 5.11 Å². The van der Waals surface area contributed by atoms with E-state index in [0.29, 0.717) is 12.5 Å². The average molecular weight is 261 g/mol. The maximum atomic E-state index is 9.24. The van der Waals surface area contributed by atoms with E-state index < -0.39 is 0 Å². The SMILES string of the molecule is Cc1ccc(CN2CCCC(CCO)C2(C)C)cc1. The van der Waals surface area contributed by atoms with E-state index in [4.69, 9.17) is 0 Å². The molecule has 1 aliphatic rings. The number of hydrogen-bond donors (Lipinski definition) is 1. The standard InChI is InChI=1S/C17H27NO/c1-14-6-8-15(9-7-14)13-18-11-4-5-16(10-12-19)17(18,2)3/h6-9,16,19H,4-5,10-13H2,1-3H3. The third-order valence-electron chi connectivity index (χ3n) is 4.77. The highest BCUT2D eigenvalue weighted by Gasteiger charge is 2.37. The molecule has 0 spiro atoms. The van der Waals surface area contributed by atoms with E-state index >= 15 is 0 Å². The second kappa shape index (κ2) is 6.06. The van der Waals surface area contributed by atoms with E-state index in [0.717, 1.165) is 13.0 Å². The van der Waals surface area contributed by atoms with Crippen LogP contribution in [0.2, 0.25) is 0 Å². The van der Waals surface area contributed by atoms with Gasteiger partial charge in [-0.25, -0.2) is 0 Å². The number of likely N-dealkylation sites (tertiary alicyclic amines) is 1. The zero-order chi connectivity index (χ0) is 13.9. The molecule has 0 radical (unpaired) electrons. The number of nitrogens with zero attached hydrogens (tertiary/aromatic N) is 1. The van der Waals surface area contributed by atoms with Crippen LogP contribution in [0.25, 0.3) is 0 Å². The Hall–Kier alpha value is -0.860. The van der Waals surface area contributed by atoms with Gasteiger partial charge in [-0.3, -0.25) is 4.90 Å². The van der Waals surface area contributed by atoms with E-state index in [1.807, 2.05) is 0 Å². The van der Waals surface area contributed by atoms with E-state index in [-0.39, 0.29) is 5.54 Å². The number of aryl methyl sites for hydroxylation is 1. The predicted molar refractivity (Wildman–Crippen MR) is 80.1 cm³/mol. The van der Waals surface area contributed by atoms with Crippen LogP contribution in [0.5, 0.6) is 0 Å². The fourth-order valence-corrected chi connectivity index (χ4v) is 3.28. The van der Waals surface area contributed by atoms with Crippen LogP contribution < -0.4 is 0 Å². The first-order chi connectivity index (χ1) is 9.04. The van der Waals surface area contributed by atoms with Gasteiger partial charge in [0.2, 0.25) is 0 Å². The van der Waals surface area contributed by atoms with Gasteiger partial charge < -0.3 is 5.11 Å². The molecule has 0 aliphatic carbocycles. The minimum absolute atomic E-state index is 0.186. The molecule has 0 bridgehead atoms. The van der Waals surface area contributed by atoms with Crippen molar-refractivity contribution in [1.29, 1.82) is 0 Å². The molecule has 1 aromatic rings. The minimum Gasteiger partial charge on any atom is -0.396 e. The molecule has 19 heavy (non-hydrogen) atoms. The molecule has 1 saturated heterocycles. The summed E-state index contributed by atoms with van der Waals surface area (Å²) < 4.78 is 0. The molecular weight excluding hydrogens is 234 g/mol. The number of piperidine rings is 1. The van der Waals surface area contributed by atoms with Crippen LogP contribution >= 0.6 is 0 Å². The van der Waals surface area contributed by atoms with Gasteiger partial charge in [0.1, 0.15) is 0 Å². The number of benzene rings is 1. The fraction of sp³-hybridized carbons (Fsp3) is 0.647. The summed E-state index contributed by atoms with van der Waals surface area (Å²) in [5.74, 6) is 0.608. The highest BCUT2D eigenvalue weighted by Crippen LogP contribution is 2.36. The van der Waals surface area contributed by atoms with Gasteiger partial charge >= 0.3 is 0 Å². The van der Waals surface area contributed by atoms with Gasteiger partial charge in [-0.1, -0.05) is 29.8 Å². The van der Waals surface area contributed by atoms with E-state index in [1.54, 1.807) is 0 Å². The molecule has 2 heteroatoms. The minimum atomic E-state index is 0.186. The van der Waals surface area contributed by atoms with Gasteiger partial charge in [0.05, 0.1) is 0 Å². The Morgan fingerprint density at radius 1 is 1.26 bits per heavy atom. The van der Waals surface area contributed by atoms with E-state index in [2.05, 4.69) is 49.9 Å². The lowest BCUT2D eigenvalue weighted by Crippen LogP contribution is -2.52. The summed E-state index contributed by atoms with van der Waals surface area (Å²) in [5.41, 5.74) is 2.90. The van der Waals surface area contributed by atoms with Gasteiger partial charge in [-0.2, -0.15) is 0 Å². The summed E-state index contributed by atoms with van der Waals surface area (Å²) in [6.45, 7) is 9.30. The highest BCUT2D eigenvalue weighted by molar-refractivity contribution is 5.21. The van der Waals surface area contributed by atoms with Crippen LogP contribution in [0, 0.1) is 12.8 Å². The van der Waals surface area contributed by atoms with Gasteiger partial charge in [-0.15, -0.1) is 0 Å². The summed E-state index contributed by atoms with van der Waals surface area (Å²) in [5, 5.41) is 9.24. The summed E-state index contributed by atoms with van der Waals surface area (Å²) in [7, 11) is 0. The maximum Gasteiger partial charge on any atom is 0.0434 e. The third-order valence-corrected chi connectivity index (χ3v) is 4.77. The normalized spacial score (nSPS) is 23.5. The molecule has 1 N–H and O–H groups in total. The number of rotatable bonds is 4. The largest absolute Gasteiger partial charge is 0.396 e. The smallest absolute Gasteiger partial charge is 0.0434 e. The molecule has 0 saturated carbocycles. The molecule has 0 aromatic heterocycles. The number of hydrogen-bond acceptors (Lipinski definition) is 2. The molecular formula is C17H27NO. The summed E-state index contributed by atoms with van der Waals surface area (Å²) >= 11 is 0. The van der Waals surface area contributed by atoms with Crippen molar-refractivity contribution in [2.75, 3.05) is 13.2 Å². The van der Waals surface area contributed by atoms with Gasteiger partial charge in [0.15, 0.2) is 0 Å². The van der Waals surface area contributed by atoms with Crippen molar-refractivity contribution in [2.24, 2.45) is 5.92 Å². The lowest BCUT2D eigenvalue weighted by atomic mass is 9.77. The van der Waals surface area contributed by atoms with Crippen LogP contribution in [0.15, 0.2) is 24.3 Å². The highest BCUT2D eigenvalue weighted by atomic mass is 16.3. The first kappa shape index (κ1) is 14.5. The van der Waals surface area contributed by atoms with Crippen LogP contribution in [0.1, 0.15) is 44.2 Å². The summed E-state index contributed by atoms with van der Waals surface area (Å²) in [4.78, 5) is 2.58. The molecule has 1 aliphatic heterocycles. The van der Waals surface area contributed by atoms with Crippen molar-refractivity contribution in [3.63, 3.8) is 0 Å². The van der Waals surface area contributed by atoms with Crippen LogP contribution in [-0.4, -0.2) is 28.7 Å². The number of aliphatic hydroxyl groups excluding tert-OH is 1. The first-order valence-electron chi connectivity index (χ1n) is 7.45. The van der Waals surface area contributed by atoms with Crippen LogP contribution in [0.4, 0.5) is 0 Å². The Labute approximate surface area is 117 Å². The molecule has 0 amide bonds. The van der Waals surface area contributed by atoms with Crippen molar-refractivity contribution in [2.45, 2.75) is 52.1 Å². The topological polar surface area (TPSA) is 23.5 Å². The molecule has 1 atom stereocenters. The van der Waals surface area contributed by atoms with Gasteiger partial charge in [0.25, 0.3) is 0 Å². The lowest BCUT2D eigenvalue weighted by Gasteiger charge is -2.48. The van der Waals surface area contributed by atoms with Crippen molar-refractivity contribution in [3.05, 3.63) is 35.4 Å². The fourth-order valence-electron chi connectivity index (χ4n) is 3.28. The monoisotopic (exact) mass is 261 g/mol. The van der Waals surface area contributed by atoms with Crippen LogP contribution in [-0.2, 0) is 6.54 Å². The van der Waals surface area contributed by atoms with Gasteiger partial charge in [0, 0.05) is 18.7 Å². The Balaban J connectivity index is 2.08. The Kier molecular flexibility index (Phi) is 4.64. The van der Waals surface area contributed by atoms with Gasteiger partial charge in [-0.05, 0) is 58.1 Å². The second-order valence-corrected chi connectivity index (χ2v) is 6.41. The molecule has 1 aromatic carbocycles. The maximum absolute atomic E-state index is 9.24. The second-order valence-electron chi connectivity index (χ2n) is 6.41. The Bertz CT molecular complexity index is 394. The molecule has 106 valence electrons. The zero-order valence-corrected chi connectivity index (χ0v) is 12.5.